The van der Waals surface area contributed by atoms with E-state index in [9.17, 15) is 4.79 Å². The monoisotopic (exact) mass is 221 g/mol. The Morgan fingerprint density at radius 3 is 2.62 bits per heavy atom. The van der Waals surface area contributed by atoms with Crippen LogP contribution in [0.5, 0.6) is 5.75 Å². The van der Waals surface area contributed by atoms with E-state index in [-0.39, 0.29) is 5.97 Å². The number of rotatable bonds is 4. The predicted octanol–water partition coefficient (Wildman–Crippen LogP) is 2.69. The molecular formula is C13H17O3. The van der Waals surface area contributed by atoms with Gasteiger partial charge in [-0.3, -0.25) is 0 Å². The van der Waals surface area contributed by atoms with Crippen molar-refractivity contribution in [2.24, 2.45) is 5.92 Å². The normalized spacial score (nSPS) is 10.3. The van der Waals surface area contributed by atoms with Crippen molar-refractivity contribution in [1.29, 1.82) is 0 Å². The minimum absolute atomic E-state index is 0.375. The molecule has 3 nitrogen and oxygen atoms in total. The van der Waals surface area contributed by atoms with Gasteiger partial charge in [-0.15, -0.1) is 0 Å². The van der Waals surface area contributed by atoms with Gasteiger partial charge in [-0.05, 0) is 36.6 Å². The molecule has 0 aliphatic heterocycles. The van der Waals surface area contributed by atoms with Crippen LogP contribution in [0.15, 0.2) is 18.2 Å². The van der Waals surface area contributed by atoms with Gasteiger partial charge in [0.2, 0.25) is 0 Å². The van der Waals surface area contributed by atoms with E-state index in [1.807, 2.05) is 0 Å². The van der Waals surface area contributed by atoms with Gasteiger partial charge in [-0.25, -0.2) is 4.79 Å². The molecule has 0 aromatic heterocycles. The molecule has 0 unspecified atom stereocenters. The van der Waals surface area contributed by atoms with Crippen molar-refractivity contribution in [1.82, 2.24) is 0 Å². The first-order valence-electron chi connectivity index (χ1n) is 5.21. The standard InChI is InChI=1S/C13H17O3/c1-9(2)8-16-12-6-10(3)5-11(7-12)13(14)15-4/h5-7,9H,3,8H2,1-2,4H3. The summed E-state index contributed by atoms with van der Waals surface area (Å²) >= 11 is 0. The zero-order valence-corrected chi connectivity index (χ0v) is 9.95. The van der Waals surface area contributed by atoms with Crippen molar-refractivity contribution in [3.63, 3.8) is 0 Å². The topological polar surface area (TPSA) is 35.5 Å². The van der Waals surface area contributed by atoms with Crippen LogP contribution in [-0.2, 0) is 4.74 Å². The third kappa shape index (κ3) is 3.57. The fraction of sp³-hybridized carbons (Fsp3) is 0.385. The highest BCUT2D eigenvalue weighted by atomic mass is 16.5. The highest BCUT2D eigenvalue weighted by molar-refractivity contribution is 5.90. The van der Waals surface area contributed by atoms with Gasteiger partial charge in [0.25, 0.3) is 0 Å². The van der Waals surface area contributed by atoms with E-state index in [4.69, 9.17) is 4.74 Å². The molecule has 87 valence electrons. The Morgan fingerprint density at radius 2 is 2.06 bits per heavy atom. The molecule has 0 bridgehead atoms. The van der Waals surface area contributed by atoms with Crippen LogP contribution >= 0.6 is 0 Å². The third-order valence-corrected chi connectivity index (χ3v) is 1.97. The fourth-order valence-corrected chi connectivity index (χ4v) is 1.24. The molecule has 0 amide bonds. The fourth-order valence-electron chi connectivity index (χ4n) is 1.24. The summed E-state index contributed by atoms with van der Waals surface area (Å²) in [6.07, 6.45) is 0. The van der Waals surface area contributed by atoms with Crippen molar-refractivity contribution in [2.45, 2.75) is 13.8 Å². The lowest BCUT2D eigenvalue weighted by Gasteiger charge is -2.10. The number of esters is 1. The highest BCUT2D eigenvalue weighted by Gasteiger charge is 2.08. The smallest absolute Gasteiger partial charge is 0.337 e. The first-order valence-corrected chi connectivity index (χ1v) is 5.21. The molecule has 0 atom stereocenters. The Hall–Kier alpha value is -1.51. The molecule has 0 heterocycles. The van der Waals surface area contributed by atoms with E-state index < -0.39 is 0 Å². The summed E-state index contributed by atoms with van der Waals surface area (Å²) in [5.41, 5.74) is 1.20. The molecule has 0 spiro atoms. The largest absolute Gasteiger partial charge is 0.493 e. The Balaban J connectivity index is 2.85. The second-order valence-corrected chi connectivity index (χ2v) is 4.06. The Bertz CT molecular complexity index is 369. The van der Waals surface area contributed by atoms with Gasteiger partial charge in [0, 0.05) is 0 Å². The average molecular weight is 221 g/mol. The maximum Gasteiger partial charge on any atom is 0.337 e. The lowest BCUT2D eigenvalue weighted by atomic mass is 10.1. The zero-order chi connectivity index (χ0) is 12.1. The quantitative estimate of drug-likeness (QED) is 0.733. The molecule has 0 aliphatic carbocycles. The molecule has 1 aromatic rings. The maximum absolute atomic E-state index is 11.4. The highest BCUT2D eigenvalue weighted by Crippen LogP contribution is 2.18. The van der Waals surface area contributed by atoms with Gasteiger partial charge in [0.15, 0.2) is 0 Å². The van der Waals surface area contributed by atoms with Crippen molar-refractivity contribution < 1.29 is 14.3 Å². The van der Waals surface area contributed by atoms with Crippen molar-refractivity contribution in [3.8, 4) is 5.75 Å². The van der Waals surface area contributed by atoms with Crippen LogP contribution in [0, 0.1) is 12.8 Å². The Labute approximate surface area is 96.4 Å². The first-order chi connectivity index (χ1) is 7.52. The van der Waals surface area contributed by atoms with Crippen LogP contribution in [0.2, 0.25) is 0 Å². The second-order valence-electron chi connectivity index (χ2n) is 4.06. The maximum atomic E-state index is 11.4. The van der Waals surface area contributed by atoms with Crippen LogP contribution in [0.25, 0.3) is 0 Å². The second kappa shape index (κ2) is 5.54. The Morgan fingerprint density at radius 1 is 1.38 bits per heavy atom. The summed E-state index contributed by atoms with van der Waals surface area (Å²) in [6.45, 7) is 8.54. The molecule has 1 radical (unpaired) electrons. The van der Waals surface area contributed by atoms with Crippen LogP contribution in [0.1, 0.15) is 29.8 Å². The number of carbonyl (C=O) groups is 1. The predicted molar refractivity (Wildman–Crippen MR) is 62.6 cm³/mol. The van der Waals surface area contributed by atoms with Crippen LogP contribution in [-0.4, -0.2) is 19.7 Å². The van der Waals surface area contributed by atoms with E-state index in [1.165, 1.54) is 7.11 Å². The number of benzene rings is 1. The zero-order valence-electron chi connectivity index (χ0n) is 9.95. The average Bonchev–Trinajstić information content (AvgIpc) is 2.24. The molecule has 0 saturated heterocycles. The van der Waals surface area contributed by atoms with Gasteiger partial charge in [-0.1, -0.05) is 13.8 Å². The molecule has 3 heteroatoms. The lowest BCUT2D eigenvalue weighted by Crippen LogP contribution is -2.06. The van der Waals surface area contributed by atoms with Gasteiger partial charge in [0.1, 0.15) is 5.75 Å². The van der Waals surface area contributed by atoms with Gasteiger partial charge in [0.05, 0.1) is 19.3 Å². The summed E-state index contributed by atoms with van der Waals surface area (Å²) in [7, 11) is 1.35. The number of ether oxygens (including phenoxy) is 2. The third-order valence-electron chi connectivity index (χ3n) is 1.97. The minimum Gasteiger partial charge on any atom is -0.493 e. The molecule has 1 rings (SSSR count). The number of methoxy groups -OCH3 is 1. The van der Waals surface area contributed by atoms with Crippen molar-refractivity contribution in [2.75, 3.05) is 13.7 Å². The number of carbonyl (C=O) groups excluding carboxylic acids is 1. The molecule has 0 saturated carbocycles. The van der Waals surface area contributed by atoms with E-state index in [0.29, 0.717) is 23.8 Å². The van der Waals surface area contributed by atoms with Crippen LogP contribution in [0.3, 0.4) is 0 Å². The summed E-state index contributed by atoms with van der Waals surface area (Å²) in [5, 5.41) is 0. The first kappa shape index (κ1) is 12.6. The SMILES string of the molecule is [CH2]c1cc(OCC(C)C)cc(C(=O)OC)c1. The van der Waals surface area contributed by atoms with Gasteiger partial charge >= 0.3 is 5.97 Å². The van der Waals surface area contributed by atoms with Crippen molar-refractivity contribution >= 4 is 5.97 Å². The van der Waals surface area contributed by atoms with Gasteiger partial charge < -0.3 is 9.47 Å². The summed E-state index contributed by atoms with van der Waals surface area (Å²) in [6, 6.07) is 5.14. The Kier molecular flexibility index (Phi) is 4.35. The molecule has 16 heavy (non-hydrogen) atoms. The molecule has 0 fully saturated rings. The van der Waals surface area contributed by atoms with E-state index in [0.717, 1.165) is 5.56 Å². The molecule has 0 aliphatic rings. The van der Waals surface area contributed by atoms with E-state index in [2.05, 4.69) is 25.5 Å². The molecular weight excluding hydrogens is 204 g/mol. The summed E-state index contributed by atoms with van der Waals surface area (Å²) in [5.74, 6) is 0.719. The van der Waals surface area contributed by atoms with E-state index >= 15 is 0 Å². The summed E-state index contributed by atoms with van der Waals surface area (Å²) < 4.78 is 10.2. The molecule has 0 N–H and O–H groups in total. The number of hydrogen-bond acceptors (Lipinski definition) is 3. The van der Waals surface area contributed by atoms with Crippen LogP contribution < -0.4 is 4.74 Å². The van der Waals surface area contributed by atoms with Crippen molar-refractivity contribution in [3.05, 3.63) is 36.2 Å². The van der Waals surface area contributed by atoms with Crippen LogP contribution in [0.4, 0.5) is 0 Å². The lowest BCUT2D eigenvalue weighted by molar-refractivity contribution is 0.0600. The minimum atomic E-state index is -0.375. The van der Waals surface area contributed by atoms with Gasteiger partial charge in [-0.2, -0.15) is 0 Å². The number of hydrogen-bond donors (Lipinski definition) is 0. The molecule has 1 aromatic carbocycles. The summed E-state index contributed by atoms with van der Waals surface area (Å²) in [4.78, 5) is 11.4. The van der Waals surface area contributed by atoms with E-state index in [1.54, 1.807) is 18.2 Å².